The van der Waals surface area contributed by atoms with E-state index in [9.17, 15) is 0 Å². The highest BCUT2D eigenvalue weighted by Gasteiger charge is 1.94. The summed E-state index contributed by atoms with van der Waals surface area (Å²) in [5, 5.41) is 5.40. The topological polar surface area (TPSA) is 12.9 Å². The maximum Gasteiger partial charge on any atom is 0.116 e. The second-order valence-electron chi connectivity index (χ2n) is 2.70. The summed E-state index contributed by atoms with van der Waals surface area (Å²) < 4.78 is 0. The van der Waals surface area contributed by atoms with E-state index in [-0.39, 0.29) is 0 Å². The molecule has 0 spiro atoms. The van der Waals surface area contributed by atoms with Crippen LogP contribution in [-0.4, -0.2) is 10.7 Å². The minimum Gasteiger partial charge on any atom is -0.242 e. The Balaban J connectivity index is 2.39. The summed E-state index contributed by atoms with van der Waals surface area (Å²) in [5.74, 6) is 1.20. The molecule has 0 aliphatic carbocycles. The lowest BCUT2D eigenvalue weighted by molar-refractivity contribution is 1.06. The molecule has 0 aromatic carbocycles. The monoisotopic (exact) mass is 213 g/mol. The Kier molecular flexibility index (Phi) is 5.16. The van der Waals surface area contributed by atoms with Crippen molar-refractivity contribution in [3.8, 4) is 0 Å². The second-order valence-corrected chi connectivity index (χ2v) is 4.61. The molecule has 0 aliphatic heterocycles. The number of rotatable bonds is 5. The van der Waals surface area contributed by atoms with Crippen molar-refractivity contribution in [2.24, 2.45) is 0 Å². The van der Waals surface area contributed by atoms with Crippen LogP contribution in [0.5, 0.6) is 0 Å². The van der Waals surface area contributed by atoms with Gasteiger partial charge in [-0.1, -0.05) is 13.8 Å². The lowest BCUT2D eigenvalue weighted by atomic mass is 10.4. The molecule has 1 aromatic heterocycles. The molecular weight excluding hydrogens is 198 g/mol. The molecule has 72 valence electrons. The molecule has 1 nitrogen and oxygen atoms in total. The number of aromatic nitrogens is 1. The van der Waals surface area contributed by atoms with Gasteiger partial charge in [0, 0.05) is 5.38 Å². The first-order chi connectivity index (χ1) is 6.36. The Morgan fingerprint density at radius 3 is 3.00 bits per heavy atom. The average molecular weight is 213 g/mol. The number of hydrogen-bond acceptors (Lipinski definition) is 3. The fraction of sp³-hybridized carbons (Fsp3) is 0.500. The standard InChI is InChI=1S/C10H15NS2/c1-3-6-12-7-5-10-11-9(4-2)8-13-10/h5,7-8H,3-4,6H2,1-2H3. The highest BCUT2D eigenvalue weighted by atomic mass is 32.2. The van der Waals surface area contributed by atoms with Crippen molar-refractivity contribution in [1.29, 1.82) is 0 Å². The van der Waals surface area contributed by atoms with Crippen LogP contribution in [0.15, 0.2) is 10.8 Å². The van der Waals surface area contributed by atoms with Gasteiger partial charge in [-0.25, -0.2) is 4.98 Å². The quantitative estimate of drug-likeness (QED) is 0.690. The molecule has 3 heteroatoms. The van der Waals surface area contributed by atoms with Crippen LogP contribution in [0.3, 0.4) is 0 Å². The lowest BCUT2D eigenvalue weighted by Gasteiger charge is -1.87. The van der Waals surface area contributed by atoms with Gasteiger partial charge in [-0.2, -0.15) is 0 Å². The van der Waals surface area contributed by atoms with Gasteiger partial charge in [0.25, 0.3) is 0 Å². The highest BCUT2D eigenvalue weighted by Crippen LogP contribution is 2.14. The van der Waals surface area contributed by atoms with E-state index >= 15 is 0 Å². The summed E-state index contributed by atoms with van der Waals surface area (Å²) in [6.07, 6.45) is 4.36. The van der Waals surface area contributed by atoms with Crippen molar-refractivity contribution >= 4 is 29.2 Å². The van der Waals surface area contributed by atoms with E-state index in [4.69, 9.17) is 0 Å². The predicted octanol–water partition coefficient (Wildman–Crippen LogP) is 3.82. The van der Waals surface area contributed by atoms with Crippen LogP contribution in [0.1, 0.15) is 31.0 Å². The summed E-state index contributed by atoms with van der Waals surface area (Å²) in [5.41, 5.74) is 1.20. The molecule has 0 amide bonds. The maximum atomic E-state index is 4.44. The van der Waals surface area contributed by atoms with Crippen LogP contribution in [-0.2, 0) is 6.42 Å². The fourth-order valence-electron chi connectivity index (χ4n) is 0.854. The summed E-state index contributed by atoms with van der Waals surface area (Å²) in [6, 6.07) is 0. The molecule has 1 aromatic rings. The van der Waals surface area contributed by atoms with E-state index in [1.807, 2.05) is 11.8 Å². The highest BCUT2D eigenvalue weighted by molar-refractivity contribution is 8.02. The van der Waals surface area contributed by atoms with Gasteiger partial charge in [-0.05, 0) is 30.1 Å². The van der Waals surface area contributed by atoms with E-state index in [0.29, 0.717) is 0 Å². The molecule has 0 N–H and O–H groups in total. The first-order valence-corrected chi connectivity index (χ1v) is 6.52. The van der Waals surface area contributed by atoms with Gasteiger partial charge < -0.3 is 0 Å². The Morgan fingerprint density at radius 2 is 2.38 bits per heavy atom. The summed E-state index contributed by atoms with van der Waals surface area (Å²) in [4.78, 5) is 4.44. The van der Waals surface area contributed by atoms with Crippen molar-refractivity contribution in [3.05, 3.63) is 21.5 Å². The number of aryl methyl sites for hydroxylation is 1. The molecule has 0 unspecified atom stereocenters. The van der Waals surface area contributed by atoms with Gasteiger partial charge in [0.15, 0.2) is 0 Å². The van der Waals surface area contributed by atoms with Gasteiger partial charge >= 0.3 is 0 Å². The van der Waals surface area contributed by atoms with Crippen molar-refractivity contribution in [1.82, 2.24) is 4.98 Å². The molecule has 0 fully saturated rings. The summed E-state index contributed by atoms with van der Waals surface area (Å²) >= 11 is 3.57. The Morgan fingerprint density at radius 1 is 1.54 bits per heavy atom. The lowest BCUT2D eigenvalue weighted by Crippen LogP contribution is -1.77. The molecule has 0 saturated heterocycles. The maximum absolute atomic E-state index is 4.44. The molecule has 0 bridgehead atoms. The van der Waals surface area contributed by atoms with Crippen LogP contribution in [0.2, 0.25) is 0 Å². The van der Waals surface area contributed by atoms with E-state index in [0.717, 1.165) is 11.4 Å². The molecule has 0 radical (unpaired) electrons. The van der Waals surface area contributed by atoms with Crippen LogP contribution in [0.25, 0.3) is 6.08 Å². The van der Waals surface area contributed by atoms with Crippen LogP contribution < -0.4 is 0 Å². The third-order valence-electron chi connectivity index (χ3n) is 1.56. The number of thiazole rings is 1. The minimum atomic E-state index is 1.03. The van der Waals surface area contributed by atoms with Crippen molar-refractivity contribution in [2.75, 3.05) is 5.75 Å². The molecular formula is C10H15NS2. The van der Waals surface area contributed by atoms with Gasteiger partial charge in [-0.3, -0.25) is 0 Å². The van der Waals surface area contributed by atoms with Crippen LogP contribution in [0.4, 0.5) is 0 Å². The van der Waals surface area contributed by atoms with E-state index < -0.39 is 0 Å². The fourth-order valence-corrected chi connectivity index (χ4v) is 2.33. The summed E-state index contributed by atoms with van der Waals surface area (Å²) in [7, 11) is 0. The predicted molar refractivity (Wildman–Crippen MR) is 63.3 cm³/mol. The van der Waals surface area contributed by atoms with Crippen molar-refractivity contribution in [2.45, 2.75) is 26.7 Å². The van der Waals surface area contributed by atoms with Crippen LogP contribution in [0, 0.1) is 0 Å². The normalized spacial score (nSPS) is 11.2. The molecule has 0 aliphatic rings. The van der Waals surface area contributed by atoms with Gasteiger partial charge in [0.05, 0.1) is 5.69 Å². The first kappa shape index (κ1) is 10.8. The van der Waals surface area contributed by atoms with Gasteiger partial charge in [-0.15, -0.1) is 23.1 Å². The zero-order valence-electron chi connectivity index (χ0n) is 8.12. The summed E-state index contributed by atoms with van der Waals surface area (Å²) in [6.45, 7) is 4.33. The average Bonchev–Trinajstić information content (AvgIpc) is 2.60. The zero-order valence-corrected chi connectivity index (χ0v) is 9.75. The second kappa shape index (κ2) is 6.22. The third kappa shape index (κ3) is 3.96. The molecule has 0 atom stereocenters. The van der Waals surface area contributed by atoms with Gasteiger partial charge in [0.1, 0.15) is 5.01 Å². The van der Waals surface area contributed by atoms with Gasteiger partial charge in [0.2, 0.25) is 0 Å². The van der Waals surface area contributed by atoms with E-state index in [2.05, 4.69) is 35.7 Å². The van der Waals surface area contributed by atoms with Crippen molar-refractivity contribution in [3.63, 3.8) is 0 Å². The minimum absolute atomic E-state index is 1.03. The third-order valence-corrected chi connectivity index (χ3v) is 3.39. The molecule has 1 heterocycles. The first-order valence-electron chi connectivity index (χ1n) is 4.59. The number of nitrogens with zero attached hydrogens (tertiary/aromatic N) is 1. The largest absolute Gasteiger partial charge is 0.242 e. The Labute approximate surface area is 88.3 Å². The smallest absolute Gasteiger partial charge is 0.116 e. The molecule has 1 rings (SSSR count). The SMILES string of the molecule is CCCSC=Cc1nc(CC)cs1. The zero-order chi connectivity index (χ0) is 9.52. The number of hydrogen-bond donors (Lipinski definition) is 0. The van der Waals surface area contributed by atoms with Crippen LogP contribution >= 0.6 is 23.1 Å². The Hall–Kier alpha value is -0.280. The Bertz CT molecular complexity index is 266. The van der Waals surface area contributed by atoms with Crippen molar-refractivity contribution < 1.29 is 0 Å². The molecule has 0 saturated carbocycles. The number of thioether (sulfide) groups is 1. The molecule has 13 heavy (non-hydrogen) atoms. The van der Waals surface area contributed by atoms with E-state index in [1.165, 1.54) is 17.9 Å². The van der Waals surface area contributed by atoms with E-state index in [1.54, 1.807) is 11.3 Å².